The molecule has 26 heavy (non-hydrogen) atoms. The Bertz CT molecular complexity index is 743. The summed E-state index contributed by atoms with van der Waals surface area (Å²) in [5, 5.41) is 10.1. The molecule has 1 aromatic carbocycles. The number of rotatable bonds is 8. The number of amides is 1. The molecule has 0 aliphatic heterocycles. The summed E-state index contributed by atoms with van der Waals surface area (Å²) in [6.45, 7) is 3.84. The van der Waals surface area contributed by atoms with Gasteiger partial charge in [-0.3, -0.25) is 9.79 Å². The number of nitrogens with one attached hydrogen (secondary N) is 3. The van der Waals surface area contributed by atoms with Crippen molar-refractivity contribution in [3.63, 3.8) is 0 Å². The minimum absolute atomic E-state index is 0.185. The SMILES string of the molecule is CN=C(NCCCNC(=O)c1occc1C)NCCc1ccccc1Cl. The van der Waals surface area contributed by atoms with Gasteiger partial charge in [0, 0.05) is 37.3 Å². The summed E-state index contributed by atoms with van der Waals surface area (Å²) in [5.74, 6) is 0.912. The maximum atomic E-state index is 11.9. The van der Waals surface area contributed by atoms with Gasteiger partial charge in [-0.15, -0.1) is 0 Å². The van der Waals surface area contributed by atoms with Crippen LogP contribution in [0.4, 0.5) is 0 Å². The number of carbonyl (C=O) groups is 1. The Morgan fingerprint density at radius 3 is 2.54 bits per heavy atom. The Kier molecular flexibility index (Phi) is 8.02. The van der Waals surface area contributed by atoms with Crippen LogP contribution in [0.3, 0.4) is 0 Å². The van der Waals surface area contributed by atoms with Crippen LogP contribution in [-0.4, -0.2) is 38.5 Å². The number of aliphatic imine (C=N–C) groups is 1. The first kappa shape index (κ1) is 19.8. The maximum absolute atomic E-state index is 11.9. The fourth-order valence-electron chi connectivity index (χ4n) is 2.42. The van der Waals surface area contributed by atoms with E-state index in [9.17, 15) is 4.79 Å². The summed E-state index contributed by atoms with van der Waals surface area (Å²) >= 11 is 6.15. The first-order valence-electron chi connectivity index (χ1n) is 8.62. The molecule has 1 heterocycles. The molecule has 2 aromatic rings. The molecule has 140 valence electrons. The largest absolute Gasteiger partial charge is 0.459 e. The normalized spacial score (nSPS) is 11.3. The summed E-state index contributed by atoms with van der Waals surface area (Å²) < 4.78 is 5.16. The molecule has 0 atom stereocenters. The number of carbonyl (C=O) groups excluding carboxylic acids is 1. The van der Waals surface area contributed by atoms with Crippen molar-refractivity contribution in [3.8, 4) is 0 Å². The van der Waals surface area contributed by atoms with Crippen molar-refractivity contribution in [2.24, 2.45) is 4.99 Å². The van der Waals surface area contributed by atoms with Crippen molar-refractivity contribution in [3.05, 3.63) is 58.5 Å². The third-order valence-corrected chi connectivity index (χ3v) is 4.24. The molecule has 0 spiro atoms. The lowest BCUT2D eigenvalue weighted by atomic mass is 10.1. The molecule has 0 saturated carbocycles. The molecular formula is C19H25ClN4O2. The topological polar surface area (TPSA) is 78.7 Å². The van der Waals surface area contributed by atoms with E-state index in [0.717, 1.165) is 41.5 Å². The average Bonchev–Trinajstić information content (AvgIpc) is 3.07. The number of guanidine groups is 1. The Labute approximate surface area is 159 Å². The molecule has 1 aromatic heterocycles. The van der Waals surface area contributed by atoms with Crippen LogP contribution < -0.4 is 16.0 Å². The van der Waals surface area contributed by atoms with Gasteiger partial charge in [0.1, 0.15) is 0 Å². The van der Waals surface area contributed by atoms with Crippen molar-refractivity contribution in [2.45, 2.75) is 19.8 Å². The zero-order valence-corrected chi connectivity index (χ0v) is 15.9. The lowest BCUT2D eigenvalue weighted by Crippen LogP contribution is -2.39. The van der Waals surface area contributed by atoms with Gasteiger partial charge in [-0.05, 0) is 37.5 Å². The van der Waals surface area contributed by atoms with Crippen LogP contribution in [0, 0.1) is 6.92 Å². The second-order valence-electron chi connectivity index (χ2n) is 5.81. The smallest absolute Gasteiger partial charge is 0.287 e. The van der Waals surface area contributed by atoms with Crippen LogP contribution >= 0.6 is 11.6 Å². The molecule has 0 aliphatic carbocycles. The number of benzene rings is 1. The summed E-state index contributed by atoms with van der Waals surface area (Å²) in [4.78, 5) is 16.1. The van der Waals surface area contributed by atoms with E-state index in [-0.39, 0.29) is 5.91 Å². The third kappa shape index (κ3) is 6.11. The van der Waals surface area contributed by atoms with E-state index in [1.165, 1.54) is 6.26 Å². The van der Waals surface area contributed by atoms with Crippen molar-refractivity contribution >= 4 is 23.5 Å². The molecule has 0 radical (unpaired) electrons. The highest BCUT2D eigenvalue weighted by Gasteiger charge is 2.11. The van der Waals surface area contributed by atoms with Crippen LogP contribution in [0.5, 0.6) is 0 Å². The summed E-state index contributed by atoms with van der Waals surface area (Å²) in [6.07, 6.45) is 3.11. The molecule has 0 aliphatic rings. The third-order valence-electron chi connectivity index (χ3n) is 3.87. The van der Waals surface area contributed by atoms with Crippen molar-refractivity contribution < 1.29 is 9.21 Å². The molecule has 6 nitrogen and oxygen atoms in total. The van der Waals surface area contributed by atoms with Gasteiger partial charge in [-0.1, -0.05) is 29.8 Å². The Morgan fingerprint density at radius 1 is 1.12 bits per heavy atom. The van der Waals surface area contributed by atoms with E-state index in [4.69, 9.17) is 16.0 Å². The van der Waals surface area contributed by atoms with Crippen LogP contribution in [0.15, 0.2) is 46.0 Å². The quantitative estimate of drug-likeness (QED) is 0.376. The minimum Gasteiger partial charge on any atom is -0.459 e. The fraction of sp³-hybridized carbons (Fsp3) is 0.368. The lowest BCUT2D eigenvalue weighted by molar-refractivity contribution is 0.0925. The van der Waals surface area contributed by atoms with Gasteiger partial charge in [-0.25, -0.2) is 0 Å². The highest BCUT2D eigenvalue weighted by Crippen LogP contribution is 2.14. The number of furan rings is 1. The zero-order valence-electron chi connectivity index (χ0n) is 15.1. The van der Waals surface area contributed by atoms with Gasteiger partial charge in [-0.2, -0.15) is 0 Å². The van der Waals surface area contributed by atoms with Crippen molar-refractivity contribution in [1.29, 1.82) is 0 Å². The zero-order chi connectivity index (χ0) is 18.8. The van der Waals surface area contributed by atoms with Crippen LogP contribution in [-0.2, 0) is 6.42 Å². The second-order valence-corrected chi connectivity index (χ2v) is 6.22. The number of hydrogen-bond donors (Lipinski definition) is 3. The van der Waals surface area contributed by atoms with E-state index in [1.807, 2.05) is 31.2 Å². The Balaban J connectivity index is 1.61. The molecule has 7 heteroatoms. The monoisotopic (exact) mass is 376 g/mol. The van der Waals surface area contributed by atoms with E-state index in [1.54, 1.807) is 13.1 Å². The predicted octanol–water partition coefficient (Wildman–Crippen LogP) is 2.77. The van der Waals surface area contributed by atoms with Gasteiger partial charge in [0.15, 0.2) is 11.7 Å². The lowest BCUT2D eigenvalue weighted by Gasteiger charge is -2.12. The second kappa shape index (κ2) is 10.5. The average molecular weight is 377 g/mol. The fourth-order valence-corrected chi connectivity index (χ4v) is 2.65. The molecule has 3 N–H and O–H groups in total. The molecule has 1 amide bonds. The van der Waals surface area contributed by atoms with Gasteiger partial charge in [0.2, 0.25) is 0 Å². The highest BCUT2D eigenvalue weighted by molar-refractivity contribution is 6.31. The molecular weight excluding hydrogens is 352 g/mol. The highest BCUT2D eigenvalue weighted by atomic mass is 35.5. The van der Waals surface area contributed by atoms with Gasteiger partial charge >= 0.3 is 0 Å². The first-order valence-corrected chi connectivity index (χ1v) is 9.00. The standard InChI is InChI=1S/C19H25ClN4O2/c1-14-9-13-26-17(14)18(25)22-10-5-11-23-19(21-2)24-12-8-15-6-3-4-7-16(15)20/h3-4,6-7,9,13H,5,8,10-12H2,1-2H3,(H,22,25)(H2,21,23,24). The van der Waals surface area contributed by atoms with Crippen molar-refractivity contribution in [1.82, 2.24) is 16.0 Å². The van der Waals surface area contributed by atoms with Crippen LogP contribution in [0.1, 0.15) is 28.1 Å². The van der Waals surface area contributed by atoms with Crippen LogP contribution in [0.25, 0.3) is 0 Å². The molecule has 0 fully saturated rings. The minimum atomic E-state index is -0.185. The summed E-state index contributed by atoms with van der Waals surface area (Å²) in [5.41, 5.74) is 1.94. The van der Waals surface area contributed by atoms with E-state index < -0.39 is 0 Å². The number of nitrogens with zero attached hydrogens (tertiary/aromatic N) is 1. The van der Waals surface area contributed by atoms with Crippen LogP contribution in [0.2, 0.25) is 5.02 Å². The number of aryl methyl sites for hydroxylation is 1. The summed E-state index contributed by atoms with van der Waals surface area (Å²) in [6, 6.07) is 9.58. The van der Waals surface area contributed by atoms with E-state index in [2.05, 4.69) is 20.9 Å². The number of halogens is 1. The Hall–Kier alpha value is -2.47. The first-order chi connectivity index (χ1) is 12.6. The molecule has 0 unspecified atom stereocenters. The molecule has 0 bridgehead atoms. The molecule has 0 saturated heterocycles. The van der Waals surface area contributed by atoms with Crippen molar-refractivity contribution in [2.75, 3.05) is 26.7 Å². The Morgan fingerprint density at radius 2 is 1.85 bits per heavy atom. The van der Waals surface area contributed by atoms with Gasteiger partial charge < -0.3 is 20.4 Å². The number of hydrogen-bond acceptors (Lipinski definition) is 3. The predicted molar refractivity (Wildman–Crippen MR) is 105 cm³/mol. The maximum Gasteiger partial charge on any atom is 0.287 e. The van der Waals surface area contributed by atoms with Gasteiger partial charge in [0.05, 0.1) is 6.26 Å². The summed E-state index contributed by atoms with van der Waals surface area (Å²) in [7, 11) is 1.73. The van der Waals surface area contributed by atoms with E-state index >= 15 is 0 Å². The van der Waals surface area contributed by atoms with E-state index in [0.29, 0.717) is 18.8 Å². The molecule has 2 rings (SSSR count). The van der Waals surface area contributed by atoms with Gasteiger partial charge in [0.25, 0.3) is 5.91 Å².